The van der Waals surface area contributed by atoms with Gasteiger partial charge in [0, 0.05) is 10.6 Å². The zero-order valence-corrected chi connectivity index (χ0v) is 11.9. The number of benzene rings is 2. The van der Waals surface area contributed by atoms with Gasteiger partial charge >= 0.3 is 0 Å². The Balaban J connectivity index is 2.22. The van der Waals surface area contributed by atoms with Gasteiger partial charge in [-0.3, -0.25) is 0 Å². The lowest BCUT2D eigenvalue weighted by atomic mass is 9.99. The fraction of sp³-hybridized carbons (Fsp3) is 0.294. The van der Waals surface area contributed by atoms with Crippen molar-refractivity contribution in [2.45, 2.75) is 32.3 Å². The predicted molar refractivity (Wildman–Crippen MR) is 81.5 cm³/mol. The van der Waals surface area contributed by atoms with Crippen LogP contribution < -0.4 is 0 Å². The van der Waals surface area contributed by atoms with Crippen LogP contribution in [0, 0.1) is 0 Å². The number of hydrogen-bond acceptors (Lipinski definition) is 1. The summed E-state index contributed by atoms with van der Waals surface area (Å²) in [6.07, 6.45) is 2.29. The van der Waals surface area contributed by atoms with Gasteiger partial charge in [-0.25, -0.2) is 0 Å². The molecule has 0 heterocycles. The lowest BCUT2D eigenvalue weighted by molar-refractivity contribution is 0.164. The molecular formula is C17H19ClO. The SMILES string of the molecule is CCCC(O)Cc1cccc(-c2ccccc2Cl)c1. The molecule has 1 nitrogen and oxygen atoms in total. The molecule has 0 saturated heterocycles. The molecule has 19 heavy (non-hydrogen) atoms. The standard InChI is InChI=1S/C17H19ClO/c1-2-6-15(19)12-13-7-5-8-14(11-13)16-9-3-4-10-17(16)18/h3-5,7-11,15,19H,2,6,12H2,1H3. The van der Waals surface area contributed by atoms with E-state index in [9.17, 15) is 5.11 Å². The third-order valence-electron chi connectivity index (χ3n) is 3.21. The predicted octanol–water partition coefficient (Wildman–Crippen LogP) is 4.71. The molecule has 0 aliphatic carbocycles. The molecule has 0 spiro atoms. The monoisotopic (exact) mass is 274 g/mol. The summed E-state index contributed by atoms with van der Waals surface area (Å²) in [4.78, 5) is 0. The van der Waals surface area contributed by atoms with Gasteiger partial charge in [-0.05, 0) is 30.0 Å². The van der Waals surface area contributed by atoms with Crippen molar-refractivity contribution in [2.75, 3.05) is 0 Å². The van der Waals surface area contributed by atoms with Crippen LogP contribution in [0.15, 0.2) is 48.5 Å². The molecule has 1 unspecified atom stereocenters. The second-order valence-electron chi connectivity index (χ2n) is 4.83. The first-order valence-corrected chi connectivity index (χ1v) is 7.10. The van der Waals surface area contributed by atoms with Gasteiger partial charge in [0.2, 0.25) is 0 Å². The highest BCUT2D eigenvalue weighted by Crippen LogP contribution is 2.28. The van der Waals surface area contributed by atoms with Gasteiger partial charge in [0.1, 0.15) is 0 Å². The van der Waals surface area contributed by atoms with Gasteiger partial charge in [-0.2, -0.15) is 0 Å². The van der Waals surface area contributed by atoms with Crippen LogP contribution in [-0.2, 0) is 6.42 Å². The van der Waals surface area contributed by atoms with Crippen molar-refractivity contribution in [3.63, 3.8) is 0 Å². The number of aliphatic hydroxyl groups excluding tert-OH is 1. The Bertz CT molecular complexity index is 536. The maximum Gasteiger partial charge on any atom is 0.0580 e. The first kappa shape index (κ1) is 14.1. The van der Waals surface area contributed by atoms with E-state index in [0.29, 0.717) is 6.42 Å². The highest BCUT2D eigenvalue weighted by atomic mass is 35.5. The van der Waals surface area contributed by atoms with E-state index in [0.717, 1.165) is 34.6 Å². The molecule has 0 aromatic heterocycles. The summed E-state index contributed by atoms with van der Waals surface area (Å²) < 4.78 is 0. The Labute approximate surface area is 119 Å². The Morgan fingerprint density at radius 1 is 1.11 bits per heavy atom. The van der Waals surface area contributed by atoms with E-state index in [1.54, 1.807) is 0 Å². The molecule has 2 heteroatoms. The van der Waals surface area contributed by atoms with E-state index >= 15 is 0 Å². The molecule has 0 aliphatic rings. The lowest BCUT2D eigenvalue weighted by Gasteiger charge is -2.11. The van der Waals surface area contributed by atoms with Crippen LogP contribution in [0.3, 0.4) is 0 Å². The van der Waals surface area contributed by atoms with Crippen molar-refractivity contribution in [3.8, 4) is 11.1 Å². The number of hydrogen-bond donors (Lipinski definition) is 1. The zero-order chi connectivity index (χ0) is 13.7. The molecule has 1 atom stereocenters. The van der Waals surface area contributed by atoms with Crippen LogP contribution in [0.5, 0.6) is 0 Å². The summed E-state index contributed by atoms with van der Waals surface area (Å²) in [7, 11) is 0. The van der Waals surface area contributed by atoms with Crippen molar-refractivity contribution < 1.29 is 5.11 Å². The van der Waals surface area contributed by atoms with E-state index < -0.39 is 0 Å². The maximum absolute atomic E-state index is 9.89. The average Bonchev–Trinajstić information content (AvgIpc) is 2.40. The van der Waals surface area contributed by atoms with E-state index in [4.69, 9.17) is 11.6 Å². The number of aliphatic hydroxyl groups is 1. The minimum Gasteiger partial charge on any atom is -0.393 e. The van der Waals surface area contributed by atoms with Crippen LogP contribution in [0.1, 0.15) is 25.3 Å². The molecule has 0 saturated carbocycles. The number of halogens is 1. The third-order valence-corrected chi connectivity index (χ3v) is 3.53. The maximum atomic E-state index is 9.89. The fourth-order valence-electron chi connectivity index (χ4n) is 2.27. The van der Waals surface area contributed by atoms with Crippen molar-refractivity contribution in [1.82, 2.24) is 0 Å². The van der Waals surface area contributed by atoms with E-state index in [2.05, 4.69) is 25.1 Å². The quantitative estimate of drug-likeness (QED) is 0.837. The van der Waals surface area contributed by atoms with Gasteiger partial charge in [-0.1, -0.05) is 67.4 Å². The molecule has 2 aromatic carbocycles. The van der Waals surface area contributed by atoms with Gasteiger partial charge in [0.15, 0.2) is 0 Å². The average molecular weight is 275 g/mol. The molecule has 2 rings (SSSR count). The van der Waals surface area contributed by atoms with Gasteiger partial charge in [0.25, 0.3) is 0 Å². The molecule has 2 aromatic rings. The Morgan fingerprint density at radius 3 is 2.63 bits per heavy atom. The molecular weight excluding hydrogens is 256 g/mol. The largest absolute Gasteiger partial charge is 0.393 e. The Morgan fingerprint density at radius 2 is 1.89 bits per heavy atom. The van der Waals surface area contributed by atoms with Crippen molar-refractivity contribution in [1.29, 1.82) is 0 Å². The normalized spacial score (nSPS) is 12.4. The van der Waals surface area contributed by atoms with Gasteiger partial charge in [0.05, 0.1) is 6.10 Å². The second-order valence-corrected chi connectivity index (χ2v) is 5.23. The summed E-state index contributed by atoms with van der Waals surface area (Å²) in [5.41, 5.74) is 3.29. The fourth-order valence-corrected chi connectivity index (χ4v) is 2.51. The molecule has 0 bridgehead atoms. The molecule has 0 radical (unpaired) electrons. The van der Waals surface area contributed by atoms with Crippen molar-refractivity contribution in [3.05, 3.63) is 59.1 Å². The van der Waals surface area contributed by atoms with E-state index in [1.807, 2.05) is 30.3 Å². The summed E-state index contributed by atoms with van der Waals surface area (Å²) in [6.45, 7) is 2.09. The van der Waals surface area contributed by atoms with Crippen LogP contribution in [0.4, 0.5) is 0 Å². The Kier molecular flexibility index (Phi) is 5.00. The lowest BCUT2D eigenvalue weighted by Crippen LogP contribution is -2.09. The van der Waals surface area contributed by atoms with Crippen LogP contribution in [0.2, 0.25) is 5.02 Å². The van der Waals surface area contributed by atoms with Crippen LogP contribution in [0.25, 0.3) is 11.1 Å². The summed E-state index contributed by atoms with van der Waals surface area (Å²) in [5.74, 6) is 0. The number of rotatable bonds is 5. The second kappa shape index (κ2) is 6.74. The smallest absolute Gasteiger partial charge is 0.0580 e. The van der Waals surface area contributed by atoms with E-state index in [1.165, 1.54) is 0 Å². The summed E-state index contributed by atoms with van der Waals surface area (Å²) >= 11 is 6.22. The van der Waals surface area contributed by atoms with Gasteiger partial charge in [-0.15, -0.1) is 0 Å². The van der Waals surface area contributed by atoms with Crippen molar-refractivity contribution >= 4 is 11.6 Å². The molecule has 0 fully saturated rings. The molecule has 0 aliphatic heterocycles. The highest BCUT2D eigenvalue weighted by Gasteiger charge is 2.07. The van der Waals surface area contributed by atoms with Crippen LogP contribution >= 0.6 is 11.6 Å². The van der Waals surface area contributed by atoms with Crippen molar-refractivity contribution in [2.24, 2.45) is 0 Å². The topological polar surface area (TPSA) is 20.2 Å². The molecule has 1 N–H and O–H groups in total. The van der Waals surface area contributed by atoms with Gasteiger partial charge < -0.3 is 5.11 Å². The summed E-state index contributed by atoms with van der Waals surface area (Å²) in [6, 6.07) is 16.1. The minimum absolute atomic E-state index is 0.258. The zero-order valence-electron chi connectivity index (χ0n) is 11.1. The minimum atomic E-state index is -0.258. The first-order valence-electron chi connectivity index (χ1n) is 6.72. The third kappa shape index (κ3) is 3.82. The van der Waals surface area contributed by atoms with E-state index in [-0.39, 0.29) is 6.10 Å². The Hall–Kier alpha value is -1.31. The molecule has 0 amide bonds. The molecule has 100 valence electrons. The highest BCUT2D eigenvalue weighted by molar-refractivity contribution is 6.33. The first-order chi connectivity index (χ1) is 9.20. The summed E-state index contributed by atoms with van der Waals surface area (Å²) in [5, 5.41) is 10.7. The van der Waals surface area contributed by atoms with Crippen LogP contribution in [-0.4, -0.2) is 11.2 Å².